The van der Waals surface area contributed by atoms with E-state index in [1.165, 1.54) is 36.0 Å². The molecule has 2 N–H and O–H groups in total. The zero-order valence-corrected chi connectivity index (χ0v) is 40.3. The molecule has 7 heterocycles. The van der Waals surface area contributed by atoms with Gasteiger partial charge in [0.25, 0.3) is 11.8 Å². The molecule has 5 aliphatic heterocycles. The first kappa shape index (κ1) is 48.9. The molecule has 0 saturated carbocycles. The van der Waals surface area contributed by atoms with Crippen LogP contribution in [-0.2, 0) is 14.3 Å². The number of nitrogens with one attached hydrogen (secondary N) is 2. The molecule has 72 heavy (non-hydrogen) atoms. The number of fused-ring (bicyclic) bond motifs is 4. The van der Waals surface area contributed by atoms with Crippen molar-refractivity contribution in [1.82, 2.24) is 34.5 Å². The fraction of sp³-hybridized carbons (Fsp3) is 0.340. The van der Waals surface area contributed by atoms with E-state index in [0.29, 0.717) is 106 Å². The number of ether oxygens (including phenoxy) is 4. The van der Waals surface area contributed by atoms with E-state index in [0.717, 1.165) is 32.2 Å². The van der Waals surface area contributed by atoms with Crippen LogP contribution in [0.2, 0.25) is 10.0 Å². The lowest BCUT2D eigenvalue weighted by Crippen LogP contribution is -2.48. The van der Waals surface area contributed by atoms with Crippen molar-refractivity contribution in [2.45, 2.75) is 6.92 Å². The summed E-state index contributed by atoms with van der Waals surface area (Å²) in [6.45, 7) is 10.8. The summed E-state index contributed by atoms with van der Waals surface area (Å²) in [5, 5.41) is 6.40. The lowest BCUT2D eigenvalue weighted by molar-refractivity contribution is -0.129. The Morgan fingerprint density at radius 1 is 0.597 bits per heavy atom. The van der Waals surface area contributed by atoms with Gasteiger partial charge in [-0.1, -0.05) is 23.2 Å². The normalized spacial score (nSPS) is 16.2. The predicted octanol–water partition coefficient (Wildman–Crippen LogP) is 5.71. The molecule has 17 nitrogen and oxygen atoms in total. The van der Waals surface area contributed by atoms with Gasteiger partial charge in [-0.25, -0.2) is 8.78 Å². The summed E-state index contributed by atoms with van der Waals surface area (Å²) >= 11 is 12.4. The molecule has 3 saturated heterocycles. The van der Waals surface area contributed by atoms with E-state index in [2.05, 4.69) is 20.4 Å². The molecule has 11 rings (SSSR count). The molecule has 0 bridgehead atoms. The number of hydrogen-bond acceptors (Lipinski definition) is 12. The van der Waals surface area contributed by atoms with Crippen LogP contribution in [0, 0.1) is 17.5 Å². The molecule has 0 aliphatic carbocycles. The van der Waals surface area contributed by atoms with Crippen LogP contribution in [0.5, 0.6) is 23.0 Å². The standard InChI is InChI=1S/C28H29ClFN5O5.C22H18ClF2N3O4/c1-17(36)33-6-8-34(9-7-33)22-15-19-25-27(24(22)30)40-23-3-2-18(29)14-21(23)35(25)16-20(26(19)37)28(38)31-4-5-32-10-12-39-13-11-32;23-12-1-2-17-16(9-12)28-11-14(22(30)26-3-4-27-5-7-31-8-6-27)20(29)13-10-15(24)18(25)21(32-17)19(13)28/h2-3,14-16H,4-13H2,1H3,(H,31,38);1-2,9-11H,3-8H2,(H,26,30). The number of aromatic nitrogens is 2. The van der Waals surface area contributed by atoms with Crippen molar-refractivity contribution >= 4 is 68.4 Å². The third kappa shape index (κ3) is 9.45. The topological polar surface area (TPSA) is 169 Å². The second kappa shape index (κ2) is 20.4. The quantitative estimate of drug-likeness (QED) is 0.181. The molecule has 0 unspecified atom stereocenters. The minimum absolute atomic E-state index is 0.0357. The average molecular weight is 1030 g/mol. The summed E-state index contributed by atoms with van der Waals surface area (Å²) in [5.41, 5.74) is -0.128. The highest BCUT2D eigenvalue weighted by atomic mass is 35.5. The highest BCUT2D eigenvalue weighted by Crippen LogP contribution is 2.46. The van der Waals surface area contributed by atoms with Crippen LogP contribution in [0.3, 0.4) is 0 Å². The summed E-state index contributed by atoms with van der Waals surface area (Å²) in [5.74, 6) is -4.16. The Bertz CT molecular complexity index is 3300. The Balaban J connectivity index is 0.000000170. The van der Waals surface area contributed by atoms with Gasteiger partial charge in [-0.3, -0.25) is 33.8 Å². The van der Waals surface area contributed by atoms with Gasteiger partial charge in [-0.15, -0.1) is 0 Å². The maximum absolute atomic E-state index is 16.1. The summed E-state index contributed by atoms with van der Waals surface area (Å²) < 4.78 is 70.2. The van der Waals surface area contributed by atoms with Crippen LogP contribution in [0.1, 0.15) is 27.6 Å². The van der Waals surface area contributed by atoms with Gasteiger partial charge in [-0.2, -0.15) is 4.39 Å². The van der Waals surface area contributed by atoms with Crippen molar-refractivity contribution in [3.05, 3.63) is 120 Å². The van der Waals surface area contributed by atoms with E-state index in [9.17, 15) is 32.8 Å². The number of carbonyl (C=O) groups excluding carboxylic acids is 3. The number of benzene rings is 4. The number of nitrogens with zero attached hydrogens (tertiary/aromatic N) is 6. The van der Waals surface area contributed by atoms with Crippen LogP contribution in [0.25, 0.3) is 33.2 Å². The Morgan fingerprint density at radius 2 is 1.06 bits per heavy atom. The Morgan fingerprint density at radius 3 is 1.53 bits per heavy atom. The summed E-state index contributed by atoms with van der Waals surface area (Å²) in [6, 6.07) is 11.8. The van der Waals surface area contributed by atoms with E-state index >= 15 is 4.39 Å². The van der Waals surface area contributed by atoms with Gasteiger partial charge < -0.3 is 48.5 Å². The molecule has 3 amide bonds. The molecule has 22 heteroatoms. The minimum atomic E-state index is -1.24. The van der Waals surface area contributed by atoms with Crippen molar-refractivity contribution in [2.75, 3.05) is 110 Å². The SMILES string of the molecule is CC(=O)N1CCN(c2cc3c(=O)c(C(=O)NCCN4CCOCC4)cn4c3c(c2F)Oc2ccc(Cl)cc2-4)CC1.O=C(NCCN1CCOCC1)c1cn2c3c(c(F)c(F)cc3c1=O)Oc1ccc(Cl)cc1-2. The van der Waals surface area contributed by atoms with E-state index in [4.69, 9.17) is 42.1 Å². The maximum Gasteiger partial charge on any atom is 0.256 e. The third-order valence-corrected chi connectivity index (χ3v) is 13.7. The van der Waals surface area contributed by atoms with Gasteiger partial charge in [0.15, 0.2) is 34.6 Å². The van der Waals surface area contributed by atoms with Crippen LogP contribution in [0.4, 0.5) is 18.9 Å². The number of amides is 3. The van der Waals surface area contributed by atoms with Gasteiger partial charge in [0, 0.05) is 108 Å². The molecule has 5 aliphatic rings. The zero-order valence-electron chi connectivity index (χ0n) is 38.8. The number of carbonyl (C=O) groups is 3. The number of pyridine rings is 2. The minimum Gasteiger partial charge on any atom is -0.450 e. The van der Waals surface area contributed by atoms with Gasteiger partial charge in [0.1, 0.15) is 22.2 Å². The van der Waals surface area contributed by atoms with E-state index in [-0.39, 0.29) is 56.0 Å². The lowest BCUT2D eigenvalue weighted by Gasteiger charge is -2.36. The molecular weight excluding hydrogens is 984 g/mol. The molecule has 3 fully saturated rings. The van der Waals surface area contributed by atoms with E-state index in [1.54, 1.807) is 44.7 Å². The summed E-state index contributed by atoms with van der Waals surface area (Å²) in [7, 11) is 0. The van der Waals surface area contributed by atoms with Crippen molar-refractivity contribution in [2.24, 2.45) is 0 Å². The van der Waals surface area contributed by atoms with E-state index < -0.39 is 45.9 Å². The van der Waals surface area contributed by atoms with Crippen molar-refractivity contribution in [3.8, 4) is 34.4 Å². The number of halogens is 5. The third-order valence-electron chi connectivity index (χ3n) is 13.3. The second-order valence-corrected chi connectivity index (χ2v) is 18.5. The molecule has 376 valence electrons. The van der Waals surface area contributed by atoms with Gasteiger partial charge in [-0.05, 0) is 48.5 Å². The fourth-order valence-corrected chi connectivity index (χ4v) is 9.78. The number of morpholine rings is 2. The van der Waals surface area contributed by atoms with Crippen molar-refractivity contribution in [3.63, 3.8) is 0 Å². The summed E-state index contributed by atoms with van der Waals surface area (Å²) in [4.78, 5) is 72.6. The molecule has 6 aromatic rings. The Hall–Kier alpha value is -6.68. The molecule has 2 aromatic heterocycles. The van der Waals surface area contributed by atoms with Gasteiger partial charge >= 0.3 is 0 Å². The number of anilines is 1. The highest BCUT2D eigenvalue weighted by Gasteiger charge is 2.33. The van der Waals surface area contributed by atoms with Crippen LogP contribution < -0.4 is 35.9 Å². The predicted molar refractivity (Wildman–Crippen MR) is 263 cm³/mol. The molecule has 4 aromatic carbocycles. The van der Waals surface area contributed by atoms with E-state index in [1.807, 2.05) is 0 Å². The van der Waals surface area contributed by atoms with Crippen LogP contribution in [0.15, 0.2) is 70.5 Å². The van der Waals surface area contributed by atoms with Crippen molar-refractivity contribution in [1.29, 1.82) is 0 Å². The number of rotatable bonds is 9. The van der Waals surface area contributed by atoms with Crippen LogP contribution in [-0.4, -0.2) is 147 Å². The highest BCUT2D eigenvalue weighted by molar-refractivity contribution is 6.31. The van der Waals surface area contributed by atoms with Crippen molar-refractivity contribution < 1.29 is 46.5 Å². The maximum atomic E-state index is 16.1. The molecule has 0 radical (unpaired) electrons. The molecule has 0 atom stereocenters. The van der Waals surface area contributed by atoms with Gasteiger partial charge in [0.2, 0.25) is 22.6 Å². The van der Waals surface area contributed by atoms with Gasteiger partial charge in [0.05, 0.1) is 54.3 Å². The zero-order chi connectivity index (χ0) is 50.4. The monoisotopic (exact) mass is 1030 g/mol. The molecular formula is C50H47Cl2F3N8O9. The first-order valence-corrected chi connectivity index (χ1v) is 24.1. The Kier molecular flexibility index (Phi) is 13.9. The lowest BCUT2D eigenvalue weighted by atomic mass is 10.1. The molecule has 0 spiro atoms. The first-order chi connectivity index (χ1) is 34.7. The first-order valence-electron chi connectivity index (χ1n) is 23.4. The smallest absolute Gasteiger partial charge is 0.256 e. The fourth-order valence-electron chi connectivity index (χ4n) is 9.45. The van der Waals surface area contributed by atoms with Crippen LogP contribution >= 0.6 is 23.2 Å². The summed E-state index contributed by atoms with van der Waals surface area (Å²) in [6.07, 6.45) is 2.74. The number of hydrogen-bond donors (Lipinski definition) is 2. The number of piperazine rings is 1. The second-order valence-electron chi connectivity index (χ2n) is 17.7. The average Bonchev–Trinajstić information content (AvgIpc) is 3.38. The Labute approximate surface area is 419 Å². The largest absolute Gasteiger partial charge is 0.450 e.